The van der Waals surface area contributed by atoms with Crippen LogP contribution in [0.5, 0.6) is 0 Å². The van der Waals surface area contributed by atoms with E-state index in [0.29, 0.717) is 0 Å². The lowest BCUT2D eigenvalue weighted by atomic mass is 10.5. The maximum Gasteiger partial charge on any atom is 0.358 e. The molecular weight excluding hydrogens is 258 g/mol. The Bertz CT molecular complexity index is 705. The lowest BCUT2D eigenvalue weighted by Gasteiger charge is -1.99. The molecule has 7 nitrogen and oxygen atoms in total. The number of nitrogens with two attached hydrogens (primary N) is 1. The lowest BCUT2D eigenvalue weighted by Crippen LogP contribution is -2.13. The van der Waals surface area contributed by atoms with Crippen molar-refractivity contribution in [3.63, 3.8) is 0 Å². The first-order valence-corrected chi connectivity index (χ1v) is 6.65. The zero-order valence-corrected chi connectivity index (χ0v) is 10.3. The average Bonchev–Trinajstić information content (AvgIpc) is 2.71. The number of carbonyl (C=O) groups is 1. The third-order valence-electron chi connectivity index (χ3n) is 2.24. The van der Waals surface area contributed by atoms with Gasteiger partial charge in [0.1, 0.15) is 4.90 Å². The Kier molecular flexibility index (Phi) is 3.05. The van der Waals surface area contributed by atoms with Gasteiger partial charge in [0.25, 0.3) is 0 Å². The first-order valence-electron chi connectivity index (χ1n) is 5.11. The van der Waals surface area contributed by atoms with Crippen molar-refractivity contribution in [2.24, 2.45) is 5.14 Å². The van der Waals surface area contributed by atoms with Gasteiger partial charge < -0.3 is 9.14 Å². The van der Waals surface area contributed by atoms with Gasteiger partial charge in [-0.3, -0.25) is 0 Å². The predicted octanol–water partition coefficient (Wildman–Crippen LogP) is 0.158. The number of pyridine rings is 1. The molecule has 0 amide bonds. The molecular formula is C10H11N3O4S. The summed E-state index contributed by atoms with van der Waals surface area (Å²) in [6.45, 7) is 1.89. The number of rotatable bonds is 3. The summed E-state index contributed by atoms with van der Waals surface area (Å²) >= 11 is 0. The number of sulfonamides is 1. The monoisotopic (exact) mass is 269 g/mol. The van der Waals surface area contributed by atoms with E-state index in [9.17, 15) is 13.2 Å². The van der Waals surface area contributed by atoms with Crippen molar-refractivity contribution in [3.05, 3.63) is 30.2 Å². The molecule has 2 rings (SSSR count). The van der Waals surface area contributed by atoms with Gasteiger partial charge in [-0.1, -0.05) is 0 Å². The van der Waals surface area contributed by atoms with Crippen LogP contribution in [0.25, 0.3) is 5.65 Å². The van der Waals surface area contributed by atoms with Crippen LogP contribution in [-0.2, 0) is 14.8 Å². The summed E-state index contributed by atoms with van der Waals surface area (Å²) in [7, 11) is -3.89. The van der Waals surface area contributed by atoms with E-state index >= 15 is 0 Å². The summed E-state index contributed by atoms with van der Waals surface area (Å²) in [5.41, 5.74) is 0.135. The van der Waals surface area contributed by atoms with Gasteiger partial charge in [0.15, 0.2) is 11.3 Å². The van der Waals surface area contributed by atoms with E-state index in [1.54, 1.807) is 13.1 Å². The van der Waals surface area contributed by atoms with E-state index in [2.05, 4.69) is 4.98 Å². The largest absolute Gasteiger partial charge is 0.461 e. The molecule has 0 aliphatic carbocycles. The van der Waals surface area contributed by atoms with Gasteiger partial charge in [-0.2, -0.15) is 0 Å². The SMILES string of the molecule is CCOC(=O)c1cn2cccc(S(N)(=O)=O)c2n1. The summed E-state index contributed by atoms with van der Waals surface area (Å²) in [5.74, 6) is -0.610. The van der Waals surface area contributed by atoms with E-state index in [0.717, 1.165) is 0 Å². The minimum Gasteiger partial charge on any atom is -0.461 e. The fourth-order valence-electron chi connectivity index (χ4n) is 1.51. The first-order chi connectivity index (χ1) is 8.43. The van der Waals surface area contributed by atoms with Gasteiger partial charge in [0.2, 0.25) is 10.0 Å². The highest BCUT2D eigenvalue weighted by Crippen LogP contribution is 2.15. The Hall–Kier alpha value is -1.93. The van der Waals surface area contributed by atoms with Crippen LogP contribution in [0, 0.1) is 0 Å². The molecule has 2 heterocycles. The molecule has 0 atom stereocenters. The molecule has 8 heteroatoms. The summed E-state index contributed by atoms with van der Waals surface area (Å²) in [6.07, 6.45) is 2.96. The maximum absolute atomic E-state index is 11.5. The van der Waals surface area contributed by atoms with Crippen molar-refractivity contribution in [1.29, 1.82) is 0 Å². The van der Waals surface area contributed by atoms with Crippen molar-refractivity contribution in [1.82, 2.24) is 9.38 Å². The third kappa shape index (κ3) is 2.20. The van der Waals surface area contributed by atoms with E-state index in [1.165, 1.54) is 22.7 Å². The number of hydrogen-bond acceptors (Lipinski definition) is 5. The van der Waals surface area contributed by atoms with E-state index < -0.39 is 16.0 Å². The highest BCUT2D eigenvalue weighted by molar-refractivity contribution is 7.89. The van der Waals surface area contributed by atoms with E-state index in [-0.39, 0.29) is 22.8 Å². The molecule has 0 aromatic carbocycles. The fourth-order valence-corrected chi connectivity index (χ4v) is 2.19. The van der Waals surface area contributed by atoms with Gasteiger partial charge in [0.05, 0.1) is 6.61 Å². The van der Waals surface area contributed by atoms with Gasteiger partial charge in [-0.15, -0.1) is 0 Å². The summed E-state index contributed by atoms with van der Waals surface area (Å²) in [4.78, 5) is 15.3. The number of imidazole rings is 1. The molecule has 0 aliphatic heterocycles. The van der Waals surface area contributed by atoms with Crippen LogP contribution < -0.4 is 5.14 Å². The standard InChI is InChI=1S/C10H11N3O4S/c1-2-17-10(14)7-6-13-5-3-4-8(9(13)12-7)18(11,15)16/h3-6H,2H2,1H3,(H2,11,15,16). The number of ether oxygens (including phenoxy) is 1. The second kappa shape index (κ2) is 4.39. The number of fused-ring (bicyclic) bond motifs is 1. The Morgan fingerprint density at radius 3 is 2.89 bits per heavy atom. The molecule has 0 radical (unpaired) electrons. The number of aromatic nitrogens is 2. The number of carbonyl (C=O) groups excluding carboxylic acids is 1. The Balaban J connectivity index is 2.62. The molecule has 0 spiro atoms. The van der Waals surface area contributed by atoms with E-state index in [4.69, 9.17) is 9.88 Å². The molecule has 0 saturated heterocycles. The van der Waals surface area contributed by atoms with Crippen LogP contribution in [0.3, 0.4) is 0 Å². The molecule has 0 bridgehead atoms. The van der Waals surface area contributed by atoms with Crippen LogP contribution in [0.2, 0.25) is 0 Å². The summed E-state index contributed by atoms with van der Waals surface area (Å²) in [5, 5.41) is 5.07. The second-order valence-electron chi connectivity index (χ2n) is 3.49. The van der Waals surface area contributed by atoms with Crippen LogP contribution >= 0.6 is 0 Å². The topological polar surface area (TPSA) is 104 Å². The number of esters is 1. The van der Waals surface area contributed by atoms with Gasteiger partial charge in [-0.05, 0) is 19.1 Å². The Labute approximate surface area is 103 Å². The Morgan fingerprint density at radius 2 is 2.28 bits per heavy atom. The van der Waals surface area contributed by atoms with Crippen molar-refractivity contribution in [2.45, 2.75) is 11.8 Å². The lowest BCUT2D eigenvalue weighted by molar-refractivity contribution is 0.0520. The third-order valence-corrected chi connectivity index (χ3v) is 3.17. The molecule has 2 aromatic rings. The van der Waals surface area contributed by atoms with Crippen LogP contribution in [0.1, 0.15) is 17.4 Å². The molecule has 2 aromatic heterocycles. The molecule has 0 fully saturated rings. The first kappa shape index (κ1) is 12.5. The van der Waals surface area contributed by atoms with Crippen molar-refractivity contribution in [2.75, 3.05) is 6.61 Å². The summed E-state index contributed by atoms with van der Waals surface area (Å²) < 4.78 is 28.9. The van der Waals surface area contributed by atoms with Crippen LogP contribution in [0.15, 0.2) is 29.4 Å². The van der Waals surface area contributed by atoms with E-state index in [1.807, 2.05) is 0 Å². The average molecular weight is 269 g/mol. The highest BCUT2D eigenvalue weighted by atomic mass is 32.2. The molecule has 0 saturated carbocycles. The molecule has 2 N–H and O–H groups in total. The van der Waals surface area contributed by atoms with Crippen molar-refractivity contribution >= 4 is 21.6 Å². The maximum atomic E-state index is 11.5. The fraction of sp³-hybridized carbons (Fsp3) is 0.200. The molecule has 0 unspecified atom stereocenters. The normalized spacial score (nSPS) is 11.7. The zero-order valence-electron chi connectivity index (χ0n) is 9.53. The number of primary sulfonamides is 1. The van der Waals surface area contributed by atoms with Crippen LogP contribution in [0.4, 0.5) is 0 Å². The van der Waals surface area contributed by atoms with Gasteiger partial charge in [0, 0.05) is 12.4 Å². The number of hydrogen-bond donors (Lipinski definition) is 1. The minimum absolute atomic E-state index is 0.0351. The molecule has 18 heavy (non-hydrogen) atoms. The number of nitrogens with zero attached hydrogens (tertiary/aromatic N) is 2. The summed E-state index contributed by atoms with van der Waals surface area (Å²) in [6, 6.07) is 2.83. The quantitative estimate of drug-likeness (QED) is 0.799. The Morgan fingerprint density at radius 1 is 1.56 bits per heavy atom. The highest BCUT2D eigenvalue weighted by Gasteiger charge is 2.18. The van der Waals surface area contributed by atoms with Gasteiger partial charge >= 0.3 is 5.97 Å². The van der Waals surface area contributed by atoms with Crippen molar-refractivity contribution < 1.29 is 17.9 Å². The second-order valence-corrected chi connectivity index (χ2v) is 5.02. The molecule has 96 valence electrons. The zero-order chi connectivity index (χ0) is 13.3. The van der Waals surface area contributed by atoms with Crippen molar-refractivity contribution in [3.8, 4) is 0 Å². The van der Waals surface area contributed by atoms with Crippen LogP contribution in [-0.4, -0.2) is 30.4 Å². The smallest absolute Gasteiger partial charge is 0.358 e. The molecule has 0 aliphatic rings. The van der Waals surface area contributed by atoms with Gasteiger partial charge in [-0.25, -0.2) is 23.3 Å². The minimum atomic E-state index is -3.89. The predicted molar refractivity (Wildman–Crippen MR) is 62.5 cm³/mol.